The summed E-state index contributed by atoms with van der Waals surface area (Å²) in [5, 5.41) is 0.176. The van der Waals surface area contributed by atoms with E-state index in [2.05, 4.69) is 9.71 Å². The van der Waals surface area contributed by atoms with Crippen LogP contribution in [0.2, 0.25) is 5.15 Å². The minimum atomic E-state index is -3.30. The summed E-state index contributed by atoms with van der Waals surface area (Å²) in [6.07, 6.45) is 2.10. The fraction of sp³-hybridized carbons (Fsp3) is 0.444. The van der Waals surface area contributed by atoms with Gasteiger partial charge in [-0.3, -0.25) is 4.72 Å². The van der Waals surface area contributed by atoms with Gasteiger partial charge in [0.1, 0.15) is 0 Å². The van der Waals surface area contributed by atoms with Crippen molar-refractivity contribution < 1.29 is 8.42 Å². The Balaban J connectivity index is 2.99. The van der Waals surface area contributed by atoms with E-state index in [4.69, 9.17) is 11.6 Å². The van der Waals surface area contributed by atoms with Gasteiger partial charge in [-0.25, -0.2) is 13.4 Å². The predicted octanol–water partition coefficient (Wildman–Crippen LogP) is 2.20. The Morgan fingerprint density at radius 2 is 2.20 bits per heavy atom. The molecule has 0 aliphatic carbocycles. The minimum absolute atomic E-state index is 0.0810. The lowest BCUT2D eigenvalue weighted by Gasteiger charge is -2.10. The van der Waals surface area contributed by atoms with Crippen molar-refractivity contribution in [3.05, 3.63) is 23.0 Å². The Morgan fingerprint density at radius 1 is 1.53 bits per heavy atom. The van der Waals surface area contributed by atoms with Crippen molar-refractivity contribution in [3.8, 4) is 0 Å². The fourth-order valence-electron chi connectivity index (χ4n) is 1.12. The zero-order valence-electron chi connectivity index (χ0n) is 8.62. The van der Waals surface area contributed by atoms with E-state index in [1.165, 1.54) is 6.20 Å². The number of nitrogens with one attached hydrogen (secondary N) is 1. The molecule has 84 valence electrons. The molecule has 0 fully saturated rings. The molecule has 1 aromatic rings. The maximum atomic E-state index is 11.5. The summed E-state index contributed by atoms with van der Waals surface area (Å²) in [4.78, 5) is 3.82. The molecule has 6 heteroatoms. The second-order valence-corrected chi connectivity index (χ2v) is 5.41. The molecule has 1 N–H and O–H groups in total. The smallest absolute Gasteiger partial charge is 0.232 e. The number of aryl methyl sites for hydroxylation is 1. The van der Waals surface area contributed by atoms with Crippen molar-refractivity contribution in [2.75, 3.05) is 10.5 Å². The molecule has 0 aliphatic heterocycles. The minimum Gasteiger partial charge on any atom is -0.280 e. The lowest BCUT2D eigenvalue weighted by atomic mass is 10.3. The monoisotopic (exact) mass is 248 g/mol. The van der Waals surface area contributed by atoms with E-state index >= 15 is 0 Å². The van der Waals surface area contributed by atoms with Crippen molar-refractivity contribution in [1.29, 1.82) is 0 Å². The number of halogens is 1. The number of rotatable bonds is 4. The molecule has 1 aromatic heterocycles. The first-order chi connectivity index (χ1) is 6.96. The van der Waals surface area contributed by atoms with E-state index in [1.807, 2.05) is 0 Å². The van der Waals surface area contributed by atoms with Crippen molar-refractivity contribution in [3.63, 3.8) is 0 Å². The molecule has 0 saturated heterocycles. The second kappa shape index (κ2) is 4.81. The molecule has 15 heavy (non-hydrogen) atoms. The lowest BCUT2D eigenvalue weighted by Crippen LogP contribution is -2.17. The standard InChI is InChI=1S/C9H13ClN2O2S/c1-3-6-15(13,14)12-8-7(2)4-5-11-9(8)10/h4-5,12H,3,6H2,1-2H3. The van der Waals surface area contributed by atoms with Gasteiger partial charge >= 0.3 is 0 Å². The topological polar surface area (TPSA) is 59.1 Å². The molecule has 4 nitrogen and oxygen atoms in total. The summed E-state index contributed by atoms with van der Waals surface area (Å²) in [5.41, 5.74) is 1.13. The zero-order chi connectivity index (χ0) is 11.5. The molecule has 0 amide bonds. The van der Waals surface area contributed by atoms with Crippen LogP contribution in [0.1, 0.15) is 18.9 Å². The summed E-state index contributed by atoms with van der Waals surface area (Å²) in [6.45, 7) is 3.58. The molecule has 1 heterocycles. The van der Waals surface area contributed by atoms with Crippen LogP contribution < -0.4 is 4.72 Å². The number of pyridine rings is 1. The summed E-state index contributed by atoms with van der Waals surface area (Å²) < 4.78 is 25.4. The fourth-order valence-corrected chi connectivity index (χ4v) is 2.64. The van der Waals surface area contributed by atoms with Crippen LogP contribution in [0.15, 0.2) is 12.3 Å². The van der Waals surface area contributed by atoms with Gasteiger partial charge in [-0.05, 0) is 25.0 Å². The number of hydrogen-bond acceptors (Lipinski definition) is 3. The van der Waals surface area contributed by atoms with Gasteiger partial charge in [-0.15, -0.1) is 0 Å². The summed E-state index contributed by atoms with van der Waals surface area (Å²) >= 11 is 5.80. The Labute approximate surface area is 94.7 Å². The maximum Gasteiger partial charge on any atom is 0.232 e. The Bertz CT molecular complexity index is 425. The largest absolute Gasteiger partial charge is 0.280 e. The summed E-state index contributed by atoms with van der Waals surface area (Å²) in [7, 11) is -3.30. The van der Waals surface area contributed by atoms with Gasteiger partial charge in [-0.2, -0.15) is 0 Å². The van der Waals surface area contributed by atoms with Crippen LogP contribution in [-0.2, 0) is 10.0 Å². The SMILES string of the molecule is CCCS(=O)(=O)Nc1c(C)ccnc1Cl. The van der Waals surface area contributed by atoms with Crippen LogP contribution >= 0.6 is 11.6 Å². The molecule has 0 bridgehead atoms. The third kappa shape index (κ3) is 3.35. The highest BCUT2D eigenvalue weighted by atomic mass is 35.5. The van der Waals surface area contributed by atoms with Crippen LogP contribution in [0.5, 0.6) is 0 Å². The van der Waals surface area contributed by atoms with E-state index < -0.39 is 10.0 Å². The Hall–Kier alpha value is -0.810. The zero-order valence-corrected chi connectivity index (χ0v) is 10.2. The normalized spacial score (nSPS) is 11.4. The third-order valence-electron chi connectivity index (χ3n) is 1.84. The molecule has 0 saturated carbocycles. The second-order valence-electron chi connectivity index (χ2n) is 3.21. The van der Waals surface area contributed by atoms with E-state index in [0.717, 1.165) is 5.56 Å². The molecule has 0 aromatic carbocycles. The van der Waals surface area contributed by atoms with Gasteiger partial charge < -0.3 is 0 Å². The molecule has 0 atom stereocenters. The van der Waals surface area contributed by atoms with Crippen LogP contribution in [0.4, 0.5) is 5.69 Å². The molecular formula is C9H13ClN2O2S. The molecule has 0 spiro atoms. The number of nitrogens with zero attached hydrogens (tertiary/aromatic N) is 1. The molecule has 0 unspecified atom stereocenters. The van der Waals surface area contributed by atoms with Crippen LogP contribution in [0, 0.1) is 6.92 Å². The van der Waals surface area contributed by atoms with E-state index in [0.29, 0.717) is 12.1 Å². The van der Waals surface area contributed by atoms with E-state index in [1.54, 1.807) is 19.9 Å². The average molecular weight is 249 g/mol. The van der Waals surface area contributed by atoms with Crippen LogP contribution in [0.3, 0.4) is 0 Å². The highest BCUT2D eigenvalue weighted by Gasteiger charge is 2.13. The third-order valence-corrected chi connectivity index (χ3v) is 3.59. The number of anilines is 1. The van der Waals surface area contributed by atoms with E-state index in [-0.39, 0.29) is 10.9 Å². The van der Waals surface area contributed by atoms with Gasteiger partial charge in [0.25, 0.3) is 0 Å². The first-order valence-electron chi connectivity index (χ1n) is 4.58. The first-order valence-corrected chi connectivity index (χ1v) is 6.61. The van der Waals surface area contributed by atoms with Gasteiger partial charge in [0.05, 0.1) is 11.4 Å². The van der Waals surface area contributed by atoms with Crippen LogP contribution in [-0.4, -0.2) is 19.2 Å². The van der Waals surface area contributed by atoms with Crippen molar-refractivity contribution in [2.45, 2.75) is 20.3 Å². The molecular weight excluding hydrogens is 236 g/mol. The Morgan fingerprint density at radius 3 is 2.73 bits per heavy atom. The van der Waals surface area contributed by atoms with Gasteiger partial charge in [0.15, 0.2) is 5.15 Å². The number of hydrogen-bond donors (Lipinski definition) is 1. The number of sulfonamides is 1. The van der Waals surface area contributed by atoms with Crippen LogP contribution in [0.25, 0.3) is 0 Å². The predicted molar refractivity (Wildman–Crippen MR) is 61.7 cm³/mol. The van der Waals surface area contributed by atoms with Gasteiger partial charge in [0.2, 0.25) is 10.0 Å². The molecule has 1 rings (SSSR count). The van der Waals surface area contributed by atoms with E-state index in [9.17, 15) is 8.42 Å². The van der Waals surface area contributed by atoms with Crippen molar-refractivity contribution in [2.24, 2.45) is 0 Å². The quantitative estimate of drug-likeness (QED) is 0.831. The first kappa shape index (κ1) is 12.3. The van der Waals surface area contributed by atoms with Crippen molar-refractivity contribution >= 4 is 27.3 Å². The summed E-state index contributed by atoms with van der Waals surface area (Å²) in [5.74, 6) is 0.0810. The van der Waals surface area contributed by atoms with Gasteiger partial charge in [0, 0.05) is 6.20 Å². The van der Waals surface area contributed by atoms with Gasteiger partial charge in [-0.1, -0.05) is 18.5 Å². The average Bonchev–Trinajstić information content (AvgIpc) is 2.11. The maximum absolute atomic E-state index is 11.5. The van der Waals surface area contributed by atoms with Crippen molar-refractivity contribution in [1.82, 2.24) is 4.98 Å². The lowest BCUT2D eigenvalue weighted by molar-refractivity contribution is 0.600. The molecule has 0 aliphatic rings. The number of aromatic nitrogens is 1. The Kier molecular flexibility index (Phi) is 3.93. The highest BCUT2D eigenvalue weighted by Crippen LogP contribution is 2.23. The highest BCUT2D eigenvalue weighted by molar-refractivity contribution is 7.92. The summed E-state index contributed by atoms with van der Waals surface area (Å²) in [6, 6.07) is 1.70. The molecule has 0 radical (unpaired) electrons.